The largest absolute Gasteiger partial charge is 0.493 e. The number of ketones is 1. The molecule has 0 amide bonds. The van der Waals surface area contributed by atoms with E-state index in [1.165, 1.54) is 7.11 Å². The van der Waals surface area contributed by atoms with Gasteiger partial charge >= 0.3 is 5.97 Å². The lowest BCUT2D eigenvalue weighted by Gasteiger charge is -2.21. The molecule has 1 aromatic heterocycles. The van der Waals surface area contributed by atoms with Gasteiger partial charge in [0.05, 0.1) is 31.9 Å². The van der Waals surface area contributed by atoms with Crippen molar-refractivity contribution in [3.63, 3.8) is 0 Å². The summed E-state index contributed by atoms with van der Waals surface area (Å²) in [6.07, 6.45) is 2.77. The minimum Gasteiger partial charge on any atom is -0.493 e. The number of carbonyl (C=O) groups excluding carboxylic acids is 2. The lowest BCUT2D eigenvalue weighted by molar-refractivity contribution is -0.140. The molecule has 5 aromatic rings. The first-order valence-corrected chi connectivity index (χ1v) is 13.8. The van der Waals surface area contributed by atoms with Crippen molar-refractivity contribution in [1.82, 2.24) is 9.55 Å². The van der Waals surface area contributed by atoms with Crippen LogP contribution in [0.2, 0.25) is 0 Å². The van der Waals surface area contributed by atoms with E-state index in [0.717, 1.165) is 22.6 Å². The number of benzene rings is 4. The van der Waals surface area contributed by atoms with E-state index in [2.05, 4.69) is 5.32 Å². The molecule has 0 radical (unpaired) electrons. The van der Waals surface area contributed by atoms with Gasteiger partial charge in [-0.05, 0) is 29.8 Å². The van der Waals surface area contributed by atoms with Crippen molar-refractivity contribution < 1.29 is 19.1 Å². The number of rotatable bonds is 12. The highest BCUT2D eigenvalue weighted by atomic mass is 16.5. The average Bonchev–Trinajstić information content (AvgIpc) is 3.41. The Morgan fingerprint density at radius 2 is 1.52 bits per heavy atom. The first kappa shape index (κ1) is 28.4. The summed E-state index contributed by atoms with van der Waals surface area (Å²) in [5.41, 5.74) is 4.66. The molecule has 0 aliphatic heterocycles. The van der Waals surface area contributed by atoms with E-state index in [0.29, 0.717) is 35.6 Å². The van der Waals surface area contributed by atoms with E-state index in [-0.39, 0.29) is 18.2 Å². The summed E-state index contributed by atoms with van der Waals surface area (Å²) in [7, 11) is 3.36. The maximum atomic E-state index is 13.3. The predicted molar refractivity (Wildman–Crippen MR) is 164 cm³/mol. The summed E-state index contributed by atoms with van der Waals surface area (Å²) in [5.74, 6) is 1.21. The van der Waals surface area contributed by atoms with Crippen LogP contribution >= 0.6 is 0 Å². The number of hydrogen-bond acceptors (Lipinski definition) is 6. The van der Waals surface area contributed by atoms with Gasteiger partial charge in [0.15, 0.2) is 5.78 Å². The van der Waals surface area contributed by atoms with Gasteiger partial charge in [0.25, 0.3) is 0 Å². The molecule has 1 N–H and O–H groups in total. The highest BCUT2D eigenvalue weighted by Crippen LogP contribution is 2.28. The number of anilines is 1. The number of carbonyl (C=O) groups is 2. The molecule has 7 heteroatoms. The molecule has 0 fully saturated rings. The van der Waals surface area contributed by atoms with Crippen LogP contribution in [0.3, 0.4) is 0 Å². The van der Waals surface area contributed by atoms with Gasteiger partial charge in [-0.2, -0.15) is 0 Å². The second kappa shape index (κ2) is 13.5. The Labute approximate surface area is 245 Å². The van der Waals surface area contributed by atoms with Crippen LogP contribution in [0, 0.1) is 0 Å². The summed E-state index contributed by atoms with van der Waals surface area (Å²) in [6, 6.07) is 33.8. The van der Waals surface area contributed by atoms with Crippen molar-refractivity contribution in [3.8, 4) is 17.0 Å². The number of aromatic nitrogens is 2. The van der Waals surface area contributed by atoms with Crippen molar-refractivity contribution in [1.29, 1.82) is 0 Å². The van der Waals surface area contributed by atoms with E-state index < -0.39 is 6.04 Å². The third-order valence-electron chi connectivity index (χ3n) is 7.05. The van der Waals surface area contributed by atoms with E-state index in [1.54, 1.807) is 18.2 Å². The number of esters is 1. The first-order chi connectivity index (χ1) is 20.5. The molecule has 0 saturated heterocycles. The number of methoxy groups -OCH3 is 1. The topological polar surface area (TPSA) is 82.4 Å². The van der Waals surface area contributed by atoms with Crippen LogP contribution in [0.15, 0.2) is 115 Å². The van der Waals surface area contributed by atoms with Crippen molar-refractivity contribution >= 4 is 17.4 Å². The zero-order valence-corrected chi connectivity index (χ0v) is 23.7. The molecule has 7 nitrogen and oxygen atoms in total. The van der Waals surface area contributed by atoms with E-state index in [4.69, 9.17) is 14.5 Å². The van der Waals surface area contributed by atoms with Crippen molar-refractivity contribution in [3.05, 3.63) is 138 Å². The van der Waals surface area contributed by atoms with Crippen LogP contribution in [-0.2, 0) is 23.0 Å². The Kier molecular flexibility index (Phi) is 9.09. The van der Waals surface area contributed by atoms with Crippen molar-refractivity contribution in [2.24, 2.45) is 7.05 Å². The molecule has 212 valence electrons. The fourth-order valence-corrected chi connectivity index (χ4v) is 4.78. The summed E-state index contributed by atoms with van der Waals surface area (Å²) in [6.45, 7) is 0.469. The smallest absolute Gasteiger partial charge is 0.307 e. The molecule has 1 unspecified atom stereocenters. The van der Waals surface area contributed by atoms with E-state index in [1.807, 2.05) is 109 Å². The minimum absolute atomic E-state index is 0.0907. The minimum atomic E-state index is -0.416. The van der Waals surface area contributed by atoms with Gasteiger partial charge in [-0.15, -0.1) is 0 Å². The summed E-state index contributed by atoms with van der Waals surface area (Å²) in [5, 5.41) is 3.41. The lowest BCUT2D eigenvalue weighted by atomic mass is 9.99. The van der Waals surface area contributed by atoms with Gasteiger partial charge in [0, 0.05) is 42.0 Å². The molecule has 1 heterocycles. The van der Waals surface area contributed by atoms with E-state index >= 15 is 0 Å². The summed E-state index contributed by atoms with van der Waals surface area (Å²) < 4.78 is 13.0. The maximum absolute atomic E-state index is 13.3. The van der Waals surface area contributed by atoms with Gasteiger partial charge in [-0.3, -0.25) is 9.59 Å². The molecule has 0 spiro atoms. The number of nitrogens with one attached hydrogen (secondary N) is 1. The fourth-order valence-electron chi connectivity index (χ4n) is 4.78. The zero-order valence-electron chi connectivity index (χ0n) is 23.7. The SMILES string of the molecule is COC(=O)CC(Nc1ccccc1C(=O)c1ccccc1)c1ccc(OCCc2nc(-c3ccccc3)cn2C)cc1. The third kappa shape index (κ3) is 6.93. The Morgan fingerprint density at radius 1 is 0.857 bits per heavy atom. The molecule has 0 bridgehead atoms. The summed E-state index contributed by atoms with van der Waals surface area (Å²) >= 11 is 0. The van der Waals surface area contributed by atoms with Crippen LogP contribution in [0.4, 0.5) is 5.69 Å². The van der Waals surface area contributed by atoms with Crippen LogP contribution in [0.1, 0.15) is 39.8 Å². The molecule has 42 heavy (non-hydrogen) atoms. The number of imidazole rings is 1. The Hall–Kier alpha value is -5.17. The quantitative estimate of drug-likeness (QED) is 0.136. The van der Waals surface area contributed by atoms with Crippen molar-refractivity contribution in [2.75, 3.05) is 19.0 Å². The Bertz CT molecular complexity index is 1630. The van der Waals surface area contributed by atoms with Crippen LogP contribution in [0.25, 0.3) is 11.3 Å². The molecule has 0 saturated carbocycles. The molecular weight excluding hydrogens is 526 g/mol. The molecule has 0 aliphatic carbocycles. The number of para-hydroxylation sites is 1. The van der Waals surface area contributed by atoms with Gasteiger partial charge in [-0.25, -0.2) is 4.98 Å². The number of nitrogens with zero attached hydrogens (tertiary/aromatic N) is 2. The van der Waals surface area contributed by atoms with Crippen LogP contribution in [-0.4, -0.2) is 35.0 Å². The molecule has 5 rings (SSSR count). The van der Waals surface area contributed by atoms with Crippen molar-refractivity contribution in [2.45, 2.75) is 18.9 Å². The van der Waals surface area contributed by atoms with Gasteiger partial charge in [0.2, 0.25) is 0 Å². The molecular formula is C35H33N3O4. The summed E-state index contributed by atoms with van der Waals surface area (Å²) in [4.78, 5) is 30.3. The molecule has 4 aromatic carbocycles. The molecule has 0 aliphatic rings. The second-order valence-electron chi connectivity index (χ2n) is 9.90. The third-order valence-corrected chi connectivity index (χ3v) is 7.05. The Balaban J connectivity index is 1.27. The fraction of sp³-hybridized carbons (Fsp3) is 0.171. The number of ether oxygens (including phenoxy) is 2. The van der Waals surface area contributed by atoms with Crippen LogP contribution in [0.5, 0.6) is 5.75 Å². The Morgan fingerprint density at radius 3 is 2.24 bits per heavy atom. The standard InChI is InChI=1S/C35H33N3O4/c1-38-24-32(25-11-5-3-6-12-25)37-33(38)21-22-42-28-19-17-26(18-20-28)31(23-34(39)41-2)36-30-16-10-9-15-29(30)35(40)27-13-7-4-8-14-27/h3-20,24,31,36H,21-23H2,1-2H3. The second-order valence-corrected chi connectivity index (χ2v) is 9.90. The lowest BCUT2D eigenvalue weighted by Crippen LogP contribution is -2.18. The number of aryl methyl sites for hydroxylation is 1. The zero-order chi connectivity index (χ0) is 29.3. The van der Waals surface area contributed by atoms with Crippen LogP contribution < -0.4 is 10.1 Å². The predicted octanol–water partition coefficient (Wildman–Crippen LogP) is 6.66. The monoisotopic (exact) mass is 559 g/mol. The van der Waals surface area contributed by atoms with E-state index in [9.17, 15) is 9.59 Å². The van der Waals surface area contributed by atoms with Gasteiger partial charge in [-0.1, -0.05) is 84.9 Å². The highest BCUT2D eigenvalue weighted by Gasteiger charge is 2.20. The number of hydrogen-bond donors (Lipinski definition) is 1. The van der Waals surface area contributed by atoms with Gasteiger partial charge < -0.3 is 19.4 Å². The first-order valence-electron chi connectivity index (χ1n) is 13.8. The average molecular weight is 560 g/mol. The normalized spacial score (nSPS) is 11.5. The van der Waals surface area contributed by atoms with Gasteiger partial charge in [0.1, 0.15) is 11.6 Å². The maximum Gasteiger partial charge on any atom is 0.307 e. The highest BCUT2D eigenvalue weighted by molar-refractivity contribution is 6.12. The molecule has 1 atom stereocenters.